The summed E-state index contributed by atoms with van der Waals surface area (Å²) in [5.41, 5.74) is 4.76. The van der Waals surface area contributed by atoms with Gasteiger partial charge in [0.05, 0.1) is 34.0 Å². The molecule has 4 rings (SSSR count). The molecule has 170 valence electrons. The van der Waals surface area contributed by atoms with E-state index < -0.39 is 0 Å². The number of rotatable bonds is 5. The monoisotopic (exact) mass is 613 g/mol. The predicted molar refractivity (Wildman–Crippen MR) is 119 cm³/mol. The quantitative estimate of drug-likeness (QED) is 0.318. The molecule has 0 spiro atoms. The number of hydrogen-bond acceptors (Lipinski definition) is 5. The number of ether oxygens (including phenoxy) is 3. The van der Waals surface area contributed by atoms with Gasteiger partial charge in [0.1, 0.15) is 0 Å². The first kappa shape index (κ1) is 25.2. The molecule has 32 heavy (non-hydrogen) atoms. The van der Waals surface area contributed by atoms with Gasteiger partial charge in [-0.05, 0) is 12.4 Å². The van der Waals surface area contributed by atoms with Crippen molar-refractivity contribution >= 4 is 0 Å². The zero-order chi connectivity index (χ0) is 22.4. The predicted octanol–water partition coefficient (Wildman–Crippen LogP) is 4.11. The zero-order valence-corrected chi connectivity index (χ0v) is 21.2. The maximum atomic E-state index is 5.29. The van der Waals surface area contributed by atoms with Crippen molar-refractivity contribution in [2.45, 2.75) is 6.92 Å². The second kappa shape index (κ2) is 11.5. The summed E-state index contributed by atoms with van der Waals surface area (Å²) >= 11 is 0. The van der Waals surface area contributed by atoms with Crippen molar-refractivity contribution in [2.24, 2.45) is 14.1 Å². The summed E-state index contributed by atoms with van der Waals surface area (Å²) in [7, 11) is 8.77. The van der Waals surface area contributed by atoms with E-state index in [0.717, 1.165) is 39.6 Å². The Morgan fingerprint density at radius 3 is 1.69 bits per heavy atom. The van der Waals surface area contributed by atoms with Gasteiger partial charge in [0.2, 0.25) is 0 Å². The molecule has 8 heteroatoms. The van der Waals surface area contributed by atoms with Crippen molar-refractivity contribution in [3.05, 3.63) is 67.0 Å². The van der Waals surface area contributed by atoms with Gasteiger partial charge in [0.25, 0.3) is 0 Å². The molecule has 0 saturated heterocycles. The molecule has 0 aliphatic carbocycles. The molecule has 7 nitrogen and oxygen atoms in total. The third-order valence-electron chi connectivity index (χ3n) is 4.60. The Labute approximate surface area is 203 Å². The first-order valence-electron chi connectivity index (χ1n) is 9.61. The largest absolute Gasteiger partial charge is 2.00 e. The van der Waals surface area contributed by atoms with Gasteiger partial charge in [0.15, 0.2) is 0 Å². The van der Waals surface area contributed by atoms with Crippen LogP contribution in [0.3, 0.4) is 0 Å². The molecular weight excluding hydrogens is 587 g/mol. The van der Waals surface area contributed by atoms with Gasteiger partial charge in [-0.2, -0.15) is 0 Å². The summed E-state index contributed by atoms with van der Waals surface area (Å²) in [5.74, 6) is 2.25. The van der Waals surface area contributed by atoms with E-state index in [-0.39, 0.29) is 21.1 Å². The minimum Gasteiger partial charge on any atom is -0.540 e. The van der Waals surface area contributed by atoms with E-state index in [0.29, 0.717) is 5.75 Å². The molecule has 2 aromatic carbocycles. The van der Waals surface area contributed by atoms with Gasteiger partial charge in [-0.25, -0.2) is 0 Å². The SMILES string of the molecule is COc1c[c-]c(-c2cn(C)cn2)c(C)c1.COc1c[c-]c(-c2cn(C)cn2)c(OC)c1.[Pt+2]. The Kier molecular flexibility index (Phi) is 9.09. The summed E-state index contributed by atoms with van der Waals surface area (Å²) in [4.78, 5) is 8.55. The molecule has 0 aliphatic rings. The minimum absolute atomic E-state index is 0. The van der Waals surface area contributed by atoms with Gasteiger partial charge in [-0.3, -0.25) is 9.97 Å². The standard InChI is InChI=1S/C12H13N2O2.C12H13N2O.Pt/c1-14-7-11(13-8-14)10-5-4-9(15-2)6-12(10)16-3;1-9-6-10(15-3)4-5-11(9)12-7-14(2)8-13-12;/h4,6-8H,1-3H3;4,6-8H,1-3H3;/q2*-1;+2. The molecule has 0 amide bonds. The Bertz CT molecular complexity index is 1150. The Morgan fingerprint density at radius 2 is 1.25 bits per heavy atom. The fourth-order valence-electron chi connectivity index (χ4n) is 3.00. The minimum atomic E-state index is 0. The normalized spacial score (nSPS) is 9.94. The Balaban J connectivity index is 0.000000220. The van der Waals surface area contributed by atoms with E-state index in [1.165, 1.54) is 0 Å². The van der Waals surface area contributed by atoms with Crippen LogP contribution in [0, 0.1) is 19.1 Å². The topological polar surface area (TPSA) is 63.3 Å². The third-order valence-corrected chi connectivity index (χ3v) is 4.60. The molecule has 0 bridgehead atoms. The van der Waals surface area contributed by atoms with Gasteiger partial charge >= 0.3 is 21.1 Å². The number of methoxy groups -OCH3 is 3. The van der Waals surface area contributed by atoms with Crippen molar-refractivity contribution in [1.29, 1.82) is 0 Å². The van der Waals surface area contributed by atoms with Crippen LogP contribution in [0.5, 0.6) is 17.2 Å². The van der Waals surface area contributed by atoms with E-state index in [1.54, 1.807) is 40.1 Å². The molecule has 0 radical (unpaired) electrons. The average Bonchev–Trinajstić information content (AvgIpc) is 3.41. The zero-order valence-electron chi connectivity index (χ0n) is 18.9. The fourth-order valence-corrected chi connectivity index (χ4v) is 3.00. The van der Waals surface area contributed by atoms with Crippen LogP contribution >= 0.6 is 0 Å². The average molecular weight is 614 g/mol. The smallest absolute Gasteiger partial charge is 0.540 e. The molecule has 0 N–H and O–H groups in total. The second-order valence-corrected chi connectivity index (χ2v) is 6.93. The summed E-state index contributed by atoms with van der Waals surface area (Å²) < 4.78 is 19.3. The molecule has 0 aliphatic heterocycles. The van der Waals surface area contributed by atoms with Crippen LogP contribution in [0.15, 0.2) is 49.3 Å². The van der Waals surface area contributed by atoms with Crippen LogP contribution in [-0.2, 0) is 35.2 Å². The van der Waals surface area contributed by atoms with Gasteiger partial charge < -0.3 is 23.3 Å². The van der Waals surface area contributed by atoms with Crippen LogP contribution in [0.4, 0.5) is 0 Å². The van der Waals surface area contributed by atoms with Crippen molar-refractivity contribution in [3.8, 4) is 39.8 Å². The molecule has 0 unspecified atom stereocenters. The summed E-state index contributed by atoms with van der Waals surface area (Å²) in [6, 6.07) is 13.7. The molecule has 2 aromatic heterocycles. The molecule has 4 aromatic rings. The van der Waals surface area contributed by atoms with E-state index in [4.69, 9.17) is 14.2 Å². The molecular formula is C24H26N4O3Pt. The number of hydrogen-bond donors (Lipinski definition) is 0. The van der Waals surface area contributed by atoms with Gasteiger partial charge in [-0.1, -0.05) is 18.6 Å². The first-order chi connectivity index (χ1) is 14.9. The van der Waals surface area contributed by atoms with E-state index in [9.17, 15) is 0 Å². The van der Waals surface area contributed by atoms with Crippen LogP contribution in [-0.4, -0.2) is 40.4 Å². The van der Waals surface area contributed by atoms with Crippen molar-refractivity contribution in [1.82, 2.24) is 19.1 Å². The Morgan fingerprint density at radius 1 is 0.750 bits per heavy atom. The maximum Gasteiger partial charge on any atom is 2.00 e. The number of benzene rings is 2. The number of imidazole rings is 2. The van der Waals surface area contributed by atoms with Crippen LogP contribution < -0.4 is 14.2 Å². The molecule has 2 heterocycles. The number of aromatic nitrogens is 4. The first-order valence-corrected chi connectivity index (χ1v) is 9.61. The van der Waals surface area contributed by atoms with Crippen molar-refractivity contribution in [3.63, 3.8) is 0 Å². The van der Waals surface area contributed by atoms with E-state index >= 15 is 0 Å². The molecule has 0 atom stereocenters. The Hall–Kier alpha value is -3.05. The van der Waals surface area contributed by atoms with Crippen LogP contribution in [0.25, 0.3) is 22.5 Å². The maximum absolute atomic E-state index is 5.29. The van der Waals surface area contributed by atoms with Crippen molar-refractivity contribution < 1.29 is 35.3 Å². The van der Waals surface area contributed by atoms with Crippen molar-refractivity contribution in [2.75, 3.05) is 21.3 Å². The number of aryl methyl sites for hydroxylation is 3. The van der Waals surface area contributed by atoms with E-state index in [1.807, 2.05) is 60.7 Å². The van der Waals surface area contributed by atoms with Gasteiger partial charge in [0, 0.05) is 42.7 Å². The number of nitrogens with zero attached hydrogens (tertiary/aromatic N) is 4. The van der Waals surface area contributed by atoms with E-state index in [2.05, 4.69) is 22.1 Å². The summed E-state index contributed by atoms with van der Waals surface area (Å²) in [6.07, 6.45) is 7.42. The fraction of sp³-hybridized carbons (Fsp3) is 0.250. The molecule has 0 saturated carbocycles. The van der Waals surface area contributed by atoms with Crippen LogP contribution in [0.1, 0.15) is 5.56 Å². The van der Waals surface area contributed by atoms with Gasteiger partial charge in [-0.15, -0.1) is 41.5 Å². The second-order valence-electron chi connectivity index (χ2n) is 6.93. The third kappa shape index (κ3) is 6.01. The molecule has 0 fully saturated rings. The summed E-state index contributed by atoms with van der Waals surface area (Å²) in [6.45, 7) is 2.03. The summed E-state index contributed by atoms with van der Waals surface area (Å²) in [5, 5.41) is 0. The van der Waals surface area contributed by atoms with Crippen LogP contribution in [0.2, 0.25) is 0 Å².